The number of ether oxygens (including phenoxy) is 1. The number of aryl methyl sites for hydroxylation is 1. The second-order valence-corrected chi connectivity index (χ2v) is 4.62. The van der Waals surface area contributed by atoms with E-state index in [1.54, 1.807) is 7.11 Å². The predicted molar refractivity (Wildman–Crippen MR) is 75.7 cm³/mol. The molecular formula is C15H17F2N3O. The maximum absolute atomic E-state index is 13.3. The molecule has 6 heteroatoms. The second-order valence-electron chi connectivity index (χ2n) is 4.62. The van der Waals surface area contributed by atoms with Crippen LogP contribution in [0.2, 0.25) is 0 Å². The average molecular weight is 293 g/mol. The number of hydrogen-bond acceptors (Lipinski definition) is 4. The van der Waals surface area contributed by atoms with Crippen LogP contribution in [-0.2, 0) is 11.3 Å². The average Bonchev–Trinajstić information content (AvgIpc) is 2.46. The van der Waals surface area contributed by atoms with Crippen molar-refractivity contribution in [2.75, 3.05) is 20.3 Å². The minimum Gasteiger partial charge on any atom is -0.383 e. The molecule has 0 amide bonds. The van der Waals surface area contributed by atoms with E-state index in [0.29, 0.717) is 31.1 Å². The highest BCUT2D eigenvalue weighted by Gasteiger charge is 2.08. The Balaban J connectivity index is 2.19. The Labute approximate surface area is 122 Å². The second kappa shape index (κ2) is 7.19. The van der Waals surface area contributed by atoms with Crippen molar-refractivity contribution in [1.29, 1.82) is 0 Å². The molecule has 0 radical (unpaired) electrons. The predicted octanol–water partition coefficient (Wildman–Crippen LogP) is 2.47. The summed E-state index contributed by atoms with van der Waals surface area (Å²) in [6.07, 6.45) is 0. The van der Waals surface area contributed by atoms with Crippen LogP contribution in [0, 0.1) is 18.6 Å². The molecule has 1 aromatic heterocycles. The summed E-state index contributed by atoms with van der Waals surface area (Å²) in [6.45, 7) is 3.72. The highest BCUT2D eigenvalue weighted by Crippen LogP contribution is 2.18. The smallest absolute Gasteiger partial charge is 0.159 e. The van der Waals surface area contributed by atoms with Gasteiger partial charge >= 0.3 is 0 Å². The van der Waals surface area contributed by atoms with Crippen molar-refractivity contribution in [3.63, 3.8) is 0 Å². The van der Waals surface area contributed by atoms with Crippen molar-refractivity contribution >= 4 is 0 Å². The Kier molecular flexibility index (Phi) is 5.30. The number of methoxy groups -OCH3 is 1. The van der Waals surface area contributed by atoms with Gasteiger partial charge in [-0.1, -0.05) is 0 Å². The Morgan fingerprint density at radius 3 is 2.67 bits per heavy atom. The third-order valence-corrected chi connectivity index (χ3v) is 2.87. The SMILES string of the molecule is COCCNCc1cc(C)nc(-c2ccc(F)c(F)c2)n1. The van der Waals surface area contributed by atoms with E-state index < -0.39 is 11.6 Å². The number of rotatable bonds is 6. The largest absolute Gasteiger partial charge is 0.383 e. The zero-order valence-corrected chi connectivity index (χ0v) is 12.0. The van der Waals surface area contributed by atoms with E-state index in [2.05, 4.69) is 15.3 Å². The van der Waals surface area contributed by atoms with Gasteiger partial charge < -0.3 is 10.1 Å². The summed E-state index contributed by atoms with van der Waals surface area (Å²) in [5.74, 6) is -1.40. The van der Waals surface area contributed by atoms with Gasteiger partial charge in [-0.15, -0.1) is 0 Å². The van der Waals surface area contributed by atoms with Crippen LogP contribution >= 0.6 is 0 Å². The van der Waals surface area contributed by atoms with Gasteiger partial charge in [-0.05, 0) is 31.2 Å². The number of nitrogens with zero attached hydrogens (tertiary/aromatic N) is 2. The Morgan fingerprint density at radius 2 is 1.95 bits per heavy atom. The minimum absolute atomic E-state index is 0.387. The first kappa shape index (κ1) is 15.5. The minimum atomic E-state index is -0.905. The van der Waals surface area contributed by atoms with E-state index in [0.717, 1.165) is 23.5 Å². The van der Waals surface area contributed by atoms with E-state index in [1.165, 1.54) is 6.07 Å². The molecule has 0 saturated carbocycles. The molecule has 0 bridgehead atoms. The Hall–Kier alpha value is -1.92. The van der Waals surface area contributed by atoms with E-state index in [1.807, 2.05) is 13.0 Å². The van der Waals surface area contributed by atoms with Crippen molar-refractivity contribution in [2.45, 2.75) is 13.5 Å². The zero-order valence-electron chi connectivity index (χ0n) is 12.0. The molecular weight excluding hydrogens is 276 g/mol. The maximum atomic E-state index is 13.3. The molecule has 0 spiro atoms. The molecule has 4 nitrogen and oxygen atoms in total. The molecule has 0 fully saturated rings. The van der Waals surface area contributed by atoms with Gasteiger partial charge in [0.15, 0.2) is 17.5 Å². The highest BCUT2D eigenvalue weighted by atomic mass is 19.2. The fourth-order valence-electron chi connectivity index (χ4n) is 1.88. The van der Waals surface area contributed by atoms with E-state index >= 15 is 0 Å². The van der Waals surface area contributed by atoms with Gasteiger partial charge in [0.2, 0.25) is 0 Å². The summed E-state index contributed by atoms with van der Waals surface area (Å²) in [4.78, 5) is 8.64. The van der Waals surface area contributed by atoms with Gasteiger partial charge in [-0.3, -0.25) is 0 Å². The number of hydrogen-bond donors (Lipinski definition) is 1. The third kappa shape index (κ3) is 4.27. The molecule has 2 aromatic rings. The van der Waals surface area contributed by atoms with Crippen molar-refractivity contribution in [3.8, 4) is 11.4 Å². The van der Waals surface area contributed by atoms with Crippen molar-refractivity contribution in [2.24, 2.45) is 0 Å². The molecule has 2 rings (SSSR count). The molecule has 21 heavy (non-hydrogen) atoms. The Morgan fingerprint density at radius 1 is 1.14 bits per heavy atom. The first-order valence-electron chi connectivity index (χ1n) is 6.60. The summed E-state index contributed by atoms with van der Waals surface area (Å²) >= 11 is 0. The van der Waals surface area contributed by atoms with Crippen LogP contribution in [0.1, 0.15) is 11.4 Å². The van der Waals surface area contributed by atoms with Gasteiger partial charge in [-0.25, -0.2) is 18.7 Å². The molecule has 0 aliphatic rings. The molecule has 0 aliphatic carbocycles. The van der Waals surface area contributed by atoms with Gasteiger partial charge in [-0.2, -0.15) is 0 Å². The lowest BCUT2D eigenvalue weighted by molar-refractivity contribution is 0.199. The quantitative estimate of drug-likeness (QED) is 0.831. The maximum Gasteiger partial charge on any atom is 0.159 e. The third-order valence-electron chi connectivity index (χ3n) is 2.87. The van der Waals surface area contributed by atoms with E-state index in [4.69, 9.17) is 4.74 Å². The monoisotopic (exact) mass is 293 g/mol. The molecule has 1 N–H and O–H groups in total. The van der Waals surface area contributed by atoms with Gasteiger partial charge in [0.25, 0.3) is 0 Å². The lowest BCUT2D eigenvalue weighted by Crippen LogP contribution is -2.19. The summed E-state index contributed by atoms with van der Waals surface area (Å²) in [6, 6.07) is 5.50. The number of nitrogens with one attached hydrogen (secondary N) is 1. The topological polar surface area (TPSA) is 47.0 Å². The van der Waals surface area contributed by atoms with Crippen LogP contribution in [0.15, 0.2) is 24.3 Å². The summed E-state index contributed by atoms with van der Waals surface area (Å²) < 4.78 is 31.2. The van der Waals surface area contributed by atoms with Gasteiger partial charge in [0.05, 0.1) is 12.3 Å². The van der Waals surface area contributed by atoms with Gasteiger partial charge in [0.1, 0.15) is 0 Å². The number of benzene rings is 1. The lowest BCUT2D eigenvalue weighted by atomic mass is 10.2. The fourth-order valence-corrected chi connectivity index (χ4v) is 1.88. The molecule has 1 heterocycles. The van der Waals surface area contributed by atoms with Crippen molar-refractivity contribution < 1.29 is 13.5 Å². The Bertz CT molecular complexity index is 620. The summed E-state index contributed by atoms with van der Waals surface area (Å²) in [5, 5.41) is 3.18. The molecule has 0 aliphatic heterocycles. The summed E-state index contributed by atoms with van der Waals surface area (Å²) in [5.41, 5.74) is 2.02. The van der Waals surface area contributed by atoms with Crippen molar-refractivity contribution in [3.05, 3.63) is 47.3 Å². The number of aromatic nitrogens is 2. The van der Waals surface area contributed by atoms with Crippen LogP contribution in [-0.4, -0.2) is 30.2 Å². The first-order chi connectivity index (χ1) is 10.1. The first-order valence-corrected chi connectivity index (χ1v) is 6.60. The molecule has 1 aromatic carbocycles. The number of halogens is 2. The molecule has 112 valence electrons. The molecule has 0 unspecified atom stereocenters. The fraction of sp³-hybridized carbons (Fsp3) is 0.333. The van der Waals surface area contributed by atoms with Crippen LogP contribution < -0.4 is 5.32 Å². The molecule has 0 saturated heterocycles. The van der Waals surface area contributed by atoms with Crippen molar-refractivity contribution in [1.82, 2.24) is 15.3 Å². The van der Waals surface area contributed by atoms with Gasteiger partial charge in [0, 0.05) is 31.5 Å². The molecule has 0 atom stereocenters. The van der Waals surface area contributed by atoms with Crippen LogP contribution in [0.4, 0.5) is 8.78 Å². The standard InChI is InChI=1S/C15H17F2N3O/c1-10-7-12(9-18-5-6-21-2)20-15(19-10)11-3-4-13(16)14(17)8-11/h3-4,7-8,18H,5-6,9H2,1-2H3. The zero-order chi connectivity index (χ0) is 15.2. The highest BCUT2D eigenvalue weighted by molar-refractivity contribution is 5.55. The van der Waals surface area contributed by atoms with E-state index in [-0.39, 0.29) is 0 Å². The summed E-state index contributed by atoms with van der Waals surface area (Å²) in [7, 11) is 1.64. The lowest BCUT2D eigenvalue weighted by Gasteiger charge is -2.08. The van der Waals surface area contributed by atoms with Crippen LogP contribution in [0.3, 0.4) is 0 Å². The van der Waals surface area contributed by atoms with Crippen LogP contribution in [0.5, 0.6) is 0 Å². The normalized spacial score (nSPS) is 10.9. The van der Waals surface area contributed by atoms with E-state index in [9.17, 15) is 8.78 Å². The van der Waals surface area contributed by atoms with Crippen LogP contribution in [0.25, 0.3) is 11.4 Å².